The molecule has 0 aliphatic heterocycles. The molecule has 0 spiro atoms. The first-order chi connectivity index (χ1) is 12.4. The Hall–Kier alpha value is -2.64. The van der Waals surface area contributed by atoms with Crippen LogP contribution in [-0.4, -0.2) is 26.6 Å². The van der Waals surface area contributed by atoms with Gasteiger partial charge < -0.3 is 9.30 Å². The fourth-order valence-corrected chi connectivity index (χ4v) is 4.15. The second-order valence-electron chi connectivity index (χ2n) is 5.90. The Kier molecular flexibility index (Phi) is 5.11. The molecule has 0 bridgehead atoms. The molecule has 0 atom stereocenters. The Labute approximate surface area is 152 Å². The normalized spacial score (nSPS) is 11.6. The third kappa shape index (κ3) is 3.63. The van der Waals surface area contributed by atoms with E-state index in [1.54, 1.807) is 31.2 Å². The van der Waals surface area contributed by atoms with E-state index in [0.717, 1.165) is 5.39 Å². The van der Waals surface area contributed by atoms with Crippen LogP contribution in [0.4, 0.5) is 0 Å². The van der Waals surface area contributed by atoms with Crippen LogP contribution in [0.3, 0.4) is 0 Å². The summed E-state index contributed by atoms with van der Waals surface area (Å²) in [5.41, 5.74) is 0.477. The maximum Gasteiger partial charge on any atom is 0.254 e. The molecule has 0 amide bonds. The van der Waals surface area contributed by atoms with Crippen molar-refractivity contribution in [2.45, 2.75) is 18.4 Å². The fourth-order valence-electron chi connectivity index (χ4n) is 2.90. The van der Waals surface area contributed by atoms with Gasteiger partial charge in [0.25, 0.3) is 5.56 Å². The number of rotatable bonds is 6. The van der Waals surface area contributed by atoms with E-state index in [0.29, 0.717) is 16.8 Å². The van der Waals surface area contributed by atoms with Crippen molar-refractivity contribution in [3.8, 4) is 5.75 Å². The Morgan fingerprint density at radius 1 is 1.08 bits per heavy atom. The van der Waals surface area contributed by atoms with E-state index in [1.165, 1.54) is 17.7 Å². The van der Waals surface area contributed by atoms with Crippen LogP contribution in [0.15, 0.2) is 64.3 Å². The van der Waals surface area contributed by atoms with Crippen molar-refractivity contribution in [3.05, 3.63) is 70.6 Å². The average Bonchev–Trinajstić information content (AvgIpc) is 2.63. The average molecular weight is 372 g/mol. The standard InChI is InChI=1S/C19H20N2O4S/c1-14-12-16(25-2)13-19(22)21(14)11-10-20-26(23,24)18-9-5-7-15-6-3-4-8-17(15)18/h3-9,12-13,20H,10-11H2,1-2H3. The highest BCUT2D eigenvalue weighted by molar-refractivity contribution is 7.89. The molecular formula is C19H20N2O4S. The lowest BCUT2D eigenvalue weighted by atomic mass is 10.1. The Bertz CT molecular complexity index is 1100. The zero-order valence-corrected chi connectivity index (χ0v) is 15.4. The summed E-state index contributed by atoms with van der Waals surface area (Å²) in [4.78, 5) is 12.4. The molecule has 1 N–H and O–H groups in total. The summed E-state index contributed by atoms with van der Waals surface area (Å²) in [6, 6.07) is 15.6. The molecular weight excluding hydrogens is 352 g/mol. The predicted octanol–water partition coefficient (Wildman–Crippen LogP) is 2.30. The number of nitrogens with one attached hydrogen (secondary N) is 1. The lowest BCUT2D eigenvalue weighted by molar-refractivity contribution is 0.411. The van der Waals surface area contributed by atoms with Gasteiger partial charge in [-0.25, -0.2) is 13.1 Å². The second-order valence-corrected chi connectivity index (χ2v) is 7.64. The van der Waals surface area contributed by atoms with Crippen molar-refractivity contribution < 1.29 is 13.2 Å². The second kappa shape index (κ2) is 7.31. The third-order valence-corrected chi connectivity index (χ3v) is 5.73. The molecule has 1 heterocycles. The van der Waals surface area contributed by atoms with Gasteiger partial charge in [0.2, 0.25) is 10.0 Å². The molecule has 0 radical (unpaired) electrons. The molecule has 6 nitrogen and oxygen atoms in total. The topological polar surface area (TPSA) is 77.4 Å². The molecule has 0 unspecified atom stereocenters. The van der Waals surface area contributed by atoms with Gasteiger partial charge in [-0.05, 0) is 24.4 Å². The number of pyridine rings is 1. The number of fused-ring (bicyclic) bond motifs is 1. The SMILES string of the molecule is COc1cc(C)n(CCNS(=O)(=O)c2cccc3ccccc23)c(=O)c1. The largest absolute Gasteiger partial charge is 0.496 e. The molecule has 0 fully saturated rings. The minimum Gasteiger partial charge on any atom is -0.496 e. The maximum absolute atomic E-state index is 12.7. The molecule has 3 rings (SSSR count). The number of aromatic nitrogens is 1. The van der Waals surface area contributed by atoms with E-state index < -0.39 is 10.0 Å². The maximum atomic E-state index is 12.7. The minimum atomic E-state index is -3.69. The number of ether oxygens (including phenoxy) is 1. The van der Waals surface area contributed by atoms with E-state index in [2.05, 4.69) is 4.72 Å². The highest BCUT2D eigenvalue weighted by atomic mass is 32.2. The van der Waals surface area contributed by atoms with Crippen molar-refractivity contribution >= 4 is 20.8 Å². The van der Waals surface area contributed by atoms with Crippen molar-refractivity contribution in [1.29, 1.82) is 0 Å². The molecule has 0 saturated heterocycles. The molecule has 3 aromatic rings. The quantitative estimate of drug-likeness (QED) is 0.720. The van der Waals surface area contributed by atoms with Crippen LogP contribution in [0, 0.1) is 6.92 Å². The lowest BCUT2D eigenvalue weighted by Crippen LogP contribution is -2.31. The highest BCUT2D eigenvalue weighted by Crippen LogP contribution is 2.22. The van der Waals surface area contributed by atoms with E-state index in [1.807, 2.05) is 24.3 Å². The van der Waals surface area contributed by atoms with E-state index in [4.69, 9.17) is 4.74 Å². The molecule has 26 heavy (non-hydrogen) atoms. The van der Waals surface area contributed by atoms with E-state index >= 15 is 0 Å². The van der Waals surface area contributed by atoms with Gasteiger partial charge in [0, 0.05) is 30.2 Å². The van der Waals surface area contributed by atoms with Gasteiger partial charge in [0.1, 0.15) is 5.75 Å². The zero-order valence-electron chi connectivity index (χ0n) is 14.6. The van der Waals surface area contributed by atoms with Crippen LogP contribution in [0.25, 0.3) is 10.8 Å². The van der Waals surface area contributed by atoms with Crippen LogP contribution in [0.2, 0.25) is 0 Å². The van der Waals surface area contributed by atoms with Crippen LogP contribution >= 0.6 is 0 Å². The Morgan fingerprint density at radius 3 is 2.54 bits per heavy atom. The van der Waals surface area contributed by atoms with Crippen LogP contribution in [0.1, 0.15) is 5.69 Å². The van der Waals surface area contributed by atoms with Gasteiger partial charge in [0.05, 0.1) is 12.0 Å². The van der Waals surface area contributed by atoms with Crippen LogP contribution < -0.4 is 15.0 Å². The van der Waals surface area contributed by atoms with Gasteiger partial charge in [-0.1, -0.05) is 36.4 Å². The predicted molar refractivity (Wildman–Crippen MR) is 101 cm³/mol. The highest BCUT2D eigenvalue weighted by Gasteiger charge is 2.16. The Balaban J connectivity index is 1.80. The number of methoxy groups -OCH3 is 1. The summed E-state index contributed by atoms with van der Waals surface area (Å²) in [7, 11) is -2.19. The van der Waals surface area contributed by atoms with E-state index in [9.17, 15) is 13.2 Å². The number of sulfonamides is 1. The van der Waals surface area contributed by atoms with Gasteiger partial charge in [-0.2, -0.15) is 0 Å². The van der Waals surface area contributed by atoms with Crippen LogP contribution in [-0.2, 0) is 16.6 Å². The summed E-state index contributed by atoms with van der Waals surface area (Å²) >= 11 is 0. The van der Waals surface area contributed by atoms with Crippen molar-refractivity contribution in [3.63, 3.8) is 0 Å². The first-order valence-corrected chi connectivity index (χ1v) is 9.63. The number of aryl methyl sites for hydroxylation is 1. The number of hydrogen-bond acceptors (Lipinski definition) is 4. The summed E-state index contributed by atoms with van der Waals surface area (Å²) in [5.74, 6) is 0.486. The van der Waals surface area contributed by atoms with Crippen molar-refractivity contribution in [2.24, 2.45) is 0 Å². The fraction of sp³-hybridized carbons (Fsp3) is 0.211. The van der Waals surface area contributed by atoms with E-state index in [-0.39, 0.29) is 23.5 Å². The number of benzene rings is 2. The Morgan fingerprint density at radius 2 is 1.81 bits per heavy atom. The first kappa shape index (κ1) is 18.2. The molecule has 7 heteroatoms. The molecule has 136 valence electrons. The summed E-state index contributed by atoms with van der Waals surface area (Å²) in [6.07, 6.45) is 0. The van der Waals surface area contributed by atoms with Crippen LogP contribution in [0.5, 0.6) is 5.75 Å². The molecule has 1 aromatic heterocycles. The third-order valence-electron chi connectivity index (χ3n) is 4.21. The van der Waals surface area contributed by atoms with Gasteiger partial charge in [0.15, 0.2) is 0 Å². The molecule has 0 aliphatic carbocycles. The number of nitrogens with zero attached hydrogens (tertiary/aromatic N) is 1. The molecule has 0 saturated carbocycles. The summed E-state index contributed by atoms with van der Waals surface area (Å²) < 4.78 is 34.5. The van der Waals surface area contributed by atoms with Gasteiger partial charge in [-0.3, -0.25) is 4.79 Å². The van der Waals surface area contributed by atoms with Crippen molar-refractivity contribution in [2.75, 3.05) is 13.7 Å². The monoisotopic (exact) mass is 372 g/mol. The molecule has 0 aliphatic rings. The summed E-state index contributed by atoms with van der Waals surface area (Å²) in [6.45, 7) is 2.13. The summed E-state index contributed by atoms with van der Waals surface area (Å²) in [5, 5.41) is 1.53. The lowest BCUT2D eigenvalue weighted by Gasteiger charge is -2.13. The number of hydrogen-bond donors (Lipinski definition) is 1. The van der Waals surface area contributed by atoms with Gasteiger partial charge in [-0.15, -0.1) is 0 Å². The minimum absolute atomic E-state index is 0.110. The first-order valence-electron chi connectivity index (χ1n) is 8.15. The van der Waals surface area contributed by atoms with Crippen molar-refractivity contribution in [1.82, 2.24) is 9.29 Å². The smallest absolute Gasteiger partial charge is 0.254 e. The van der Waals surface area contributed by atoms with Gasteiger partial charge >= 0.3 is 0 Å². The molecule has 2 aromatic carbocycles. The zero-order chi connectivity index (χ0) is 18.7.